The molecule has 0 saturated heterocycles. The van der Waals surface area contributed by atoms with Gasteiger partial charge in [-0.3, -0.25) is 4.68 Å². The average Bonchev–Trinajstić information content (AvgIpc) is 2.81. The fourth-order valence-electron chi connectivity index (χ4n) is 1.43. The van der Waals surface area contributed by atoms with Crippen LogP contribution in [0.5, 0.6) is 0 Å². The number of nitrogens with zero attached hydrogens (tertiary/aromatic N) is 3. The van der Waals surface area contributed by atoms with Gasteiger partial charge in [-0.1, -0.05) is 5.21 Å². The van der Waals surface area contributed by atoms with Crippen LogP contribution in [0.25, 0.3) is 0 Å². The van der Waals surface area contributed by atoms with E-state index in [0.29, 0.717) is 5.54 Å². The quantitative estimate of drug-likeness (QED) is 0.709. The van der Waals surface area contributed by atoms with E-state index in [-0.39, 0.29) is 6.61 Å². The van der Waals surface area contributed by atoms with Crippen molar-refractivity contribution in [3.63, 3.8) is 0 Å². The largest absolute Gasteiger partial charge is 0.396 e. The molecule has 0 spiro atoms. The van der Waals surface area contributed by atoms with Crippen molar-refractivity contribution >= 4 is 0 Å². The van der Waals surface area contributed by atoms with Crippen molar-refractivity contribution in [2.75, 3.05) is 6.61 Å². The van der Waals surface area contributed by atoms with Gasteiger partial charge in [-0.25, -0.2) is 0 Å². The molecule has 5 heteroatoms. The van der Waals surface area contributed by atoms with Gasteiger partial charge in [0, 0.05) is 31.4 Å². The van der Waals surface area contributed by atoms with Crippen LogP contribution in [0.4, 0.5) is 0 Å². The number of aryl methyl sites for hydroxylation is 1. The van der Waals surface area contributed by atoms with E-state index in [2.05, 4.69) is 22.6 Å². The molecule has 0 radical (unpaired) electrons. The van der Waals surface area contributed by atoms with Gasteiger partial charge in [0.2, 0.25) is 0 Å². The molecule has 0 unspecified atom stereocenters. The van der Waals surface area contributed by atoms with Gasteiger partial charge >= 0.3 is 0 Å². The van der Waals surface area contributed by atoms with E-state index in [1.165, 1.54) is 12.8 Å². The van der Waals surface area contributed by atoms with Gasteiger partial charge in [0.05, 0.1) is 5.69 Å². The minimum absolute atomic E-state index is 0.200. The van der Waals surface area contributed by atoms with Crippen molar-refractivity contribution in [2.45, 2.75) is 44.8 Å². The maximum Gasteiger partial charge on any atom is 0.0965 e. The summed E-state index contributed by atoms with van der Waals surface area (Å²) in [5.41, 5.74) is 1.32. The summed E-state index contributed by atoms with van der Waals surface area (Å²) in [5.74, 6) is 0. The molecule has 1 aliphatic carbocycles. The molecule has 2 rings (SSSR count). The fraction of sp³-hybridized carbons (Fsp3) is 0.800. The lowest BCUT2D eigenvalue weighted by Crippen LogP contribution is -2.27. The van der Waals surface area contributed by atoms with Gasteiger partial charge < -0.3 is 10.4 Å². The molecule has 1 aliphatic rings. The van der Waals surface area contributed by atoms with Crippen molar-refractivity contribution in [3.05, 3.63) is 11.9 Å². The molecule has 0 amide bonds. The van der Waals surface area contributed by atoms with E-state index in [9.17, 15) is 0 Å². The Morgan fingerprint density at radius 3 is 3.07 bits per heavy atom. The summed E-state index contributed by atoms with van der Waals surface area (Å²) in [4.78, 5) is 0. The highest BCUT2D eigenvalue weighted by Gasteiger charge is 2.36. The molecule has 1 fully saturated rings. The van der Waals surface area contributed by atoms with Crippen LogP contribution in [0.1, 0.15) is 31.9 Å². The van der Waals surface area contributed by atoms with Gasteiger partial charge in [-0.15, -0.1) is 5.10 Å². The maximum atomic E-state index is 8.68. The maximum absolute atomic E-state index is 8.68. The smallest absolute Gasteiger partial charge is 0.0965 e. The molecule has 0 bridgehead atoms. The number of aliphatic hydroxyl groups is 1. The predicted molar refractivity (Wildman–Crippen MR) is 56.2 cm³/mol. The summed E-state index contributed by atoms with van der Waals surface area (Å²) in [6.45, 7) is 3.95. The summed E-state index contributed by atoms with van der Waals surface area (Å²) >= 11 is 0. The number of hydrogen-bond acceptors (Lipinski definition) is 4. The summed E-state index contributed by atoms with van der Waals surface area (Å²) in [5, 5.41) is 20.2. The standard InChI is InChI=1S/C10H18N4O/c1-10(3-4-10)11-7-9-8-14(13-12-9)5-2-6-15/h8,11,15H,2-7H2,1H3. The molecule has 1 aromatic rings. The van der Waals surface area contributed by atoms with Crippen LogP contribution in [-0.4, -0.2) is 32.2 Å². The number of rotatable bonds is 6. The minimum atomic E-state index is 0.200. The molecule has 0 aromatic carbocycles. The number of aromatic nitrogens is 3. The van der Waals surface area contributed by atoms with E-state index in [0.717, 1.165) is 25.2 Å². The first-order valence-corrected chi connectivity index (χ1v) is 5.47. The average molecular weight is 210 g/mol. The Bertz CT molecular complexity index is 319. The molecular weight excluding hydrogens is 192 g/mol. The molecule has 5 nitrogen and oxygen atoms in total. The highest BCUT2D eigenvalue weighted by molar-refractivity contribution is 5.01. The molecule has 1 saturated carbocycles. The lowest BCUT2D eigenvalue weighted by atomic mass is 10.3. The molecule has 15 heavy (non-hydrogen) atoms. The van der Waals surface area contributed by atoms with Crippen LogP contribution in [0.3, 0.4) is 0 Å². The Balaban J connectivity index is 1.78. The number of aliphatic hydroxyl groups excluding tert-OH is 1. The fourth-order valence-corrected chi connectivity index (χ4v) is 1.43. The van der Waals surface area contributed by atoms with Crippen molar-refractivity contribution in [1.29, 1.82) is 0 Å². The van der Waals surface area contributed by atoms with Crippen molar-refractivity contribution in [3.8, 4) is 0 Å². The van der Waals surface area contributed by atoms with Gasteiger partial charge in [-0.2, -0.15) is 0 Å². The number of hydrogen-bond donors (Lipinski definition) is 2. The van der Waals surface area contributed by atoms with Crippen molar-refractivity contribution in [2.24, 2.45) is 0 Å². The third kappa shape index (κ3) is 3.00. The van der Waals surface area contributed by atoms with Gasteiger partial charge in [-0.05, 0) is 26.2 Å². The Kier molecular flexibility index (Phi) is 3.02. The highest BCUT2D eigenvalue weighted by Crippen LogP contribution is 2.34. The lowest BCUT2D eigenvalue weighted by molar-refractivity contribution is 0.276. The van der Waals surface area contributed by atoms with E-state index in [4.69, 9.17) is 5.11 Å². The molecule has 1 heterocycles. The summed E-state index contributed by atoms with van der Waals surface area (Å²) in [6.07, 6.45) is 5.18. The zero-order valence-electron chi connectivity index (χ0n) is 9.11. The van der Waals surface area contributed by atoms with E-state index < -0.39 is 0 Å². The Morgan fingerprint density at radius 2 is 2.40 bits per heavy atom. The van der Waals surface area contributed by atoms with Crippen LogP contribution >= 0.6 is 0 Å². The van der Waals surface area contributed by atoms with E-state index in [1.807, 2.05) is 6.20 Å². The summed E-state index contributed by atoms with van der Waals surface area (Å²) in [7, 11) is 0. The summed E-state index contributed by atoms with van der Waals surface area (Å²) in [6, 6.07) is 0. The Morgan fingerprint density at radius 1 is 1.60 bits per heavy atom. The lowest BCUT2D eigenvalue weighted by Gasteiger charge is -2.08. The minimum Gasteiger partial charge on any atom is -0.396 e. The van der Waals surface area contributed by atoms with Crippen LogP contribution in [0, 0.1) is 0 Å². The highest BCUT2D eigenvalue weighted by atomic mass is 16.3. The zero-order valence-corrected chi connectivity index (χ0v) is 9.11. The van der Waals surface area contributed by atoms with E-state index in [1.54, 1.807) is 4.68 Å². The van der Waals surface area contributed by atoms with Gasteiger partial charge in [0.25, 0.3) is 0 Å². The van der Waals surface area contributed by atoms with Crippen molar-refractivity contribution in [1.82, 2.24) is 20.3 Å². The van der Waals surface area contributed by atoms with Crippen LogP contribution in [-0.2, 0) is 13.1 Å². The molecule has 1 aromatic heterocycles. The predicted octanol–water partition coefficient (Wildman–Crippen LogP) is 0.303. The zero-order chi connectivity index (χ0) is 10.7. The molecule has 2 N–H and O–H groups in total. The third-order valence-electron chi connectivity index (χ3n) is 2.83. The first-order valence-electron chi connectivity index (χ1n) is 5.47. The second kappa shape index (κ2) is 4.28. The summed E-state index contributed by atoms with van der Waals surface area (Å²) < 4.78 is 1.78. The second-order valence-electron chi connectivity index (χ2n) is 4.46. The first-order chi connectivity index (χ1) is 7.22. The number of nitrogens with one attached hydrogen (secondary N) is 1. The topological polar surface area (TPSA) is 63.0 Å². The van der Waals surface area contributed by atoms with E-state index >= 15 is 0 Å². The second-order valence-corrected chi connectivity index (χ2v) is 4.46. The van der Waals surface area contributed by atoms with Crippen molar-refractivity contribution < 1.29 is 5.11 Å². The first kappa shape index (κ1) is 10.6. The van der Waals surface area contributed by atoms with Crippen LogP contribution < -0.4 is 5.32 Å². The molecule has 0 atom stereocenters. The third-order valence-corrected chi connectivity index (χ3v) is 2.83. The van der Waals surface area contributed by atoms with Crippen LogP contribution in [0.15, 0.2) is 6.20 Å². The normalized spacial score (nSPS) is 18.0. The monoisotopic (exact) mass is 210 g/mol. The Hall–Kier alpha value is -0.940. The van der Waals surface area contributed by atoms with Crippen LogP contribution in [0.2, 0.25) is 0 Å². The Labute approximate surface area is 89.5 Å². The SMILES string of the molecule is CC1(NCc2cn(CCCO)nn2)CC1. The van der Waals surface area contributed by atoms with Gasteiger partial charge in [0.15, 0.2) is 0 Å². The molecular formula is C10H18N4O. The molecule has 84 valence electrons. The molecule has 0 aliphatic heterocycles. The van der Waals surface area contributed by atoms with Gasteiger partial charge in [0.1, 0.15) is 0 Å².